The Balaban J connectivity index is 2.38. The Labute approximate surface area is 91.3 Å². The normalized spacial score (nSPS) is 15.8. The van der Waals surface area contributed by atoms with Crippen molar-refractivity contribution < 1.29 is 0 Å². The molecular weight excluding hydrogens is 186 g/mol. The first-order chi connectivity index (χ1) is 7.15. The van der Waals surface area contributed by atoms with E-state index < -0.39 is 0 Å². The van der Waals surface area contributed by atoms with E-state index in [1.807, 2.05) is 0 Å². The summed E-state index contributed by atoms with van der Waals surface area (Å²) in [6.07, 6.45) is 0. The number of hydrogen-bond donors (Lipinski definition) is 2. The summed E-state index contributed by atoms with van der Waals surface area (Å²) in [7, 11) is 0. The lowest BCUT2D eigenvalue weighted by molar-refractivity contribution is 0.470. The van der Waals surface area contributed by atoms with Gasteiger partial charge in [-0.15, -0.1) is 0 Å². The monoisotopic (exact) mass is 205 g/mol. The van der Waals surface area contributed by atoms with Crippen molar-refractivity contribution in [2.45, 2.75) is 19.4 Å². The fourth-order valence-electron chi connectivity index (χ4n) is 2.02. The van der Waals surface area contributed by atoms with Crippen LogP contribution in [0.1, 0.15) is 13.8 Å². The molecule has 3 nitrogen and oxygen atoms in total. The van der Waals surface area contributed by atoms with E-state index in [4.69, 9.17) is 5.73 Å². The average Bonchev–Trinajstić information content (AvgIpc) is 2.28. The molecule has 0 unspecified atom stereocenters. The largest absolute Gasteiger partial charge is 0.382 e. The third-order valence-electron chi connectivity index (χ3n) is 3.08. The molecule has 0 bridgehead atoms. The molecular formula is C12H19N3. The lowest BCUT2D eigenvalue weighted by Gasteiger charge is -2.43. The summed E-state index contributed by atoms with van der Waals surface area (Å²) in [6, 6.07) is 8.41. The first-order valence-electron chi connectivity index (χ1n) is 5.46. The predicted molar refractivity (Wildman–Crippen MR) is 65.4 cm³/mol. The minimum Gasteiger partial charge on any atom is -0.382 e. The summed E-state index contributed by atoms with van der Waals surface area (Å²) >= 11 is 0. The van der Waals surface area contributed by atoms with Gasteiger partial charge in [0.15, 0.2) is 0 Å². The number of hydrogen-bond acceptors (Lipinski definition) is 3. The van der Waals surface area contributed by atoms with Gasteiger partial charge < -0.3 is 16.0 Å². The minimum atomic E-state index is 0.0260. The predicted octanol–water partition coefficient (Wildman–Crippen LogP) is 1.66. The summed E-state index contributed by atoms with van der Waals surface area (Å²) in [6.45, 7) is 7.05. The smallest absolute Gasteiger partial charge is 0.0607 e. The van der Waals surface area contributed by atoms with Crippen molar-refractivity contribution in [3.05, 3.63) is 24.3 Å². The standard InChI is InChI=1S/C12H19N3/c1-12(2,9-13)15-8-7-14-10-5-3-4-6-11(10)15/h3-6,14H,7-9,13H2,1-2H3. The van der Waals surface area contributed by atoms with Crippen molar-refractivity contribution in [3.63, 3.8) is 0 Å². The second kappa shape index (κ2) is 3.74. The molecule has 1 aromatic carbocycles. The van der Waals surface area contributed by atoms with Crippen LogP contribution in [-0.2, 0) is 0 Å². The van der Waals surface area contributed by atoms with Gasteiger partial charge in [-0.2, -0.15) is 0 Å². The maximum atomic E-state index is 5.83. The maximum absolute atomic E-state index is 5.83. The van der Waals surface area contributed by atoms with Gasteiger partial charge in [0.25, 0.3) is 0 Å². The number of nitrogens with one attached hydrogen (secondary N) is 1. The van der Waals surface area contributed by atoms with E-state index in [2.05, 4.69) is 48.3 Å². The summed E-state index contributed by atoms with van der Waals surface area (Å²) in [5.74, 6) is 0. The zero-order valence-electron chi connectivity index (χ0n) is 9.46. The third-order valence-corrected chi connectivity index (χ3v) is 3.08. The fourth-order valence-corrected chi connectivity index (χ4v) is 2.02. The highest BCUT2D eigenvalue weighted by atomic mass is 15.2. The molecule has 0 amide bonds. The Morgan fingerprint density at radius 1 is 1.40 bits per heavy atom. The number of rotatable bonds is 2. The Morgan fingerprint density at radius 2 is 2.13 bits per heavy atom. The fraction of sp³-hybridized carbons (Fsp3) is 0.500. The lowest BCUT2D eigenvalue weighted by Crippen LogP contribution is -2.53. The van der Waals surface area contributed by atoms with Crippen LogP contribution in [0.4, 0.5) is 11.4 Å². The van der Waals surface area contributed by atoms with Gasteiger partial charge in [0.05, 0.1) is 11.4 Å². The number of benzene rings is 1. The van der Waals surface area contributed by atoms with Gasteiger partial charge in [-0.3, -0.25) is 0 Å². The topological polar surface area (TPSA) is 41.3 Å². The minimum absolute atomic E-state index is 0.0260. The number of anilines is 2. The van der Waals surface area contributed by atoms with Crippen LogP contribution in [0, 0.1) is 0 Å². The first kappa shape index (κ1) is 10.3. The number of nitrogens with two attached hydrogens (primary N) is 1. The molecule has 82 valence electrons. The van der Waals surface area contributed by atoms with Crippen LogP contribution in [0.25, 0.3) is 0 Å². The summed E-state index contributed by atoms with van der Waals surface area (Å²) < 4.78 is 0. The summed E-state index contributed by atoms with van der Waals surface area (Å²) in [5.41, 5.74) is 8.33. The summed E-state index contributed by atoms with van der Waals surface area (Å²) in [4.78, 5) is 2.39. The molecule has 1 aromatic rings. The van der Waals surface area contributed by atoms with Crippen molar-refractivity contribution >= 4 is 11.4 Å². The van der Waals surface area contributed by atoms with Crippen LogP contribution in [0.15, 0.2) is 24.3 Å². The van der Waals surface area contributed by atoms with Gasteiger partial charge in [-0.25, -0.2) is 0 Å². The second-order valence-electron chi connectivity index (χ2n) is 4.61. The number of para-hydroxylation sites is 2. The van der Waals surface area contributed by atoms with Crippen molar-refractivity contribution in [2.75, 3.05) is 29.9 Å². The van der Waals surface area contributed by atoms with Gasteiger partial charge in [0.1, 0.15) is 0 Å². The van der Waals surface area contributed by atoms with E-state index in [9.17, 15) is 0 Å². The Bertz CT molecular complexity index is 346. The van der Waals surface area contributed by atoms with Gasteiger partial charge in [-0.05, 0) is 26.0 Å². The second-order valence-corrected chi connectivity index (χ2v) is 4.61. The van der Waals surface area contributed by atoms with Crippen LogP contribution in [0.5, 0.6) is 0 Å². The van der Waals surface area contributed by atoms with Crippen molar-refractivity contribution in [1.29, 1.82) is 0 Å². The highest BCUT2D eigenvalue weighted by Gasteiger charge is 2.28. The van der Waals surface area contributed by atoms with Gasteiger partial charge in [0.2, 0.25) is 0 Å². The number of fused-ring (bicyclic) bond motifs is 1. The number of nitrogens with zero attached hydrogens (tertiary/aromatic N) is 1. The molecule has 0 aliphatic carbocycles. The maximum Gasteiger partial charge on any atom is 0.0607 e. The van der Waals surface area contributed by atoms with Crippen LogP contribution in [0.3, 0.4) is 0 Å². The highest BCUT2D eigenvalue weighted by molar-refractivity contribution is 5.72. The molecule has 1 aliphatic rings. The highest BCUT2D eigenvalue weighted by Crippen LogP contribution is 2.32. The molecule has 2 rings (SSSR count). The molecule has 0 radical (unpaired) electrons. The quantitative estimate of drug-likeness (QED) is 0.771. The molecule has 3 heteroatoms. The van der Waals surface area contributed by atoms with E-state index in [0.717, 1.165) is 13.1 Å². The molecule has 1 aliphatic heterocycles. The van der Waals surface area contributed by atoms with Gasteiger partial charge in [-0.1, -0.05) is 12.1 Å². The van der Waals surface area contributed by atoms with E-state index in [-0.39, 0.29) is 5.54 Å². The van der Waals surface area contributed by atoms with Crippen molar-refractivity contribution in [2.24, 2.45) is 5.73 Å². The molecule has 3 N–H and O–H groups in total. The Hall–Kier alpha value is -1.22. The molecule has 0 spiro atoms. The molecule has 15 heavy (non-hydrogen) atoms. The van der Waals surface area contributed by atoms with E-state index in [1.54, 1.807) is 0 Å². The zero-order chi connectivity index (χ0) is 10.9. The SMILES string of the molecule is CC(C)(CN)N1CCNc2ccccc21. The van der Waals surface area contributed by atoms with E-state index >= 15 is 0 Å². The first-order valence-corrected chi connectivity index (χ1v) is 5.46. The lowest BCUT2D eigenvalue weighted by atomic mass is 10.00. The van der Waals surface area contributed by atoms with Crippen LogP contribution < -0.4 is 16.0 Å². The van der Waals surface area contributed by atoms with E-state index in [0.29, 0.717) is 6.54 Å². The molecule has 0 saturated heterocycles. The van der Waals surface area contributed by atoms with Crippen LogP contribution in [-0.4, -0.2) is 25.2 Å². The summed E-state index contributed by atoms with van der Waals surface area (Å²) in [5, 5.41) is 3.41. The Morgan fingerprint density at radius 3 is 2.87 bits per heavy atom. The van der Waals surface area contributed by atoms with Crippen molar-refractivity contribution in [3.8, 4) is 0 Å². The van der Waals surface area contributed by atoms with Gasteiger partial charge >= 0.3 is 0 Å². The average molecular weight is 205 g/mol. The Kier molecular flexibility index (Phi) is 2.57. The molecule has 0 atom stereocenters. The molecule has 0 fully saturated rings. The third kappa shape index (κ3) is 1.79. The van der Waals surface area contributed by atoms with Crippen LogP contribution >= 0.6 is 0 Å². The zero-order valence-corrected chi connectivity index (χ0v) is 9.46. The molecule has 0 saturated carbocycles. The van der Waals surface area contributed by atoms with Crippen LogP contribution in [0.2, 0.25) is 0 Å². The van der Waals surface area contributed by atoms with Gasteiger partial charge in [0, 0.05) is 25.2 Å². The molecule has 0 aromatic heterocycles. The van der Waals surface area contributed by atoms with Crippen molar-refractivity contribution in [1.82, 2.24) is 0 Å². The molecule has 1 heterocycles. The van der Waals surface area contributed by atoms with E-state index in [1.165, 1.54) is 11.4 Å².